The zero-order valence-corrected chi connectivity index (χ0v) is 13.7. The number of ether oxygens (including phenoxy) is 1. The molecular formula is C17H23N3OS. The van der Waals surface area contributed by atoms with Crippen LogP contribution in [0.15, 0.2) is 18.3 Å². The van der Waals surface area contributed by atoms with Gasteiger partial charge < -0.3 is 9.30 Å². The van der Waals surface area contributed by atoms with Crippen molar-refractivity contribution in [1.82, 2.24) is 14.5 Å². The van der Waals surface area contributed by atoms with E-state index in [0.717, 1.165) is 37.2 Å². The Bertz CT molecular complexity index is 630. The Balaban J connectivity index is 1.68. The Morgan fingerprint density at radius 1 is 1.27 bits per heavy atom. The highest BCUT2D eigenvalue weighted by Gasteiger charge is 2.25. The highest BCUT2D eigenvalue weighted by Crippen LogP contribution is 2.31. The maximum atomic E-state index is 5.72. The normalized spacial score (nSPS) is 26.4. The van der Waals surface area contributed by atoms with Crippen LogP contribution in [0.2, 0.25) is 0 Å². The van der Waals surface area contributed by atoms with Crippen molar-refractivity contribution in [3.63, 3.8) is 0 Å². The van der Waals surface area contributed by atoms with E-state index >= 15 is 0 Å². The van der Waals surface area contributed by atoms with Crippen molar-refractivity contribution in [1.29, 1.82) is 0 Å². The Hall–Kier alpha value is -1.07. The summed E-state index contributed by atoms with van der Waals surface area (Å²) in [6, 6.07) is 4.47. The fourth-order valence-corrected chi connectivity index (χ4v) is 4.91. The molecule has 118 valence electrons. The van der Waals surface area contributed by atoms with E-state index in [1.54, 1.807) is 0 Å². The first kappa shape index (κ1) is 14.5. The molecule has 2 aliphatic rings. The standard InChI is InChI=1S/C17H23N3OS/c1-2-10-22-14(6-1)11-16-19-15-7-3-8-18-17(15)20(16)13-5-4-9-21-12-13/h3,7-8,13-14H,1-2,4-6,9-12H2. The van der Waals surface area contributed by atoms with Crippen molar-refractivity contribution >= 4 is 22.9 Å². The lowest BCUT2D eigenvalue weighted by Crippen LogP contribution is -2.24. The third-order valence-electron chi connectivity index (χ3n) is 4.71. The second-order valence-electron chi connectivity index (χ2n) is 6.31. The Morgan fingerprint density at radius 3 is 3.09 bits per heavy atom. The van der Waals surface area contributed by atoms with Gasteiger partial charge in [0.2, 0.25) is 0 Å². The number of hydrogen-bond donors (Lipinski definition) is 0. The van der Waals surface area contributed by atoms with Crippen molar-refractivity contribution in [2.75, 3.05) is 19.0 Å². The molecule has 0 N–H and O–H groups in total. The molecule has 2 saturated heterocycles. The van der Waals surface area contributed by atoms with Gasteiger partial charge in [-0.25, -0.2) is 9.97 Å². The van der Waals surface area contributed by atoms with Gasteiger partial charge in [-0.1, -0.05) is 6.42 Å². The molecule has 2 atom stereocenters. The van der Waals surface area contributed by atoms with E-state index in [0.29, 0.717) is 11.3 Å². The molecule has 22 heavy (non-hydrogen) atoms. The van der Waals surface area contributed by atoms with Crippen LogP contribution in [0.3, 0.4) is 0 Å². The number of pyridine rings is 1. The second kappa shape index (κ2) is 6.59. The quantitative estimate of drug-likeness (QED) is 0.867. The molecule has 2 fully saturated rings. The minimum Gasteiger partial charge on any atom is -0.379 e. The predicted molar refractivity (Wildman–Crippen MR) is 90.4 cm³/mol. The van der Waals surface area contributed by atoms with Crippen LogP contribution in [0, 0.1) is 0 Å². The summed E-state index contributed by atoms with van der Waals surface area (Å²) < 4.78 is 8.10. The van der Waals surface area contributed by atoms with Crippen LogP contribution in [0.5, 0.6) is 0 Å². The fraction of sp³-hybridized carbons (Fsp3) is 0.647. The van der Waals surface area contributed by atoms with E-state index in [9.17, 15) is 0 Å². The smallest absolute Gasteiger partial charge is 0.160 e. The number of hydrogen-bond acceptors (Lipinski definition) is 4. The van der Waals surface area contributed by atoms with Gasteiger partial charge in [-0.05, 0) is 43.6 Å². The minimum atomic E-state index is 0.400. The average Bonchev–Trinajstić information content (AvgIpc) is 2.94. The Kier molecular flexibility index (Phi) is 4.35. The lowest BCUT2D eigenvalue weighted by molar-refractivity contribution is 0.0593. The summed E-state index contributed by atoms with van der Waals surface area (Å²) in [5.41, 5.74) is 2.07. The van der Waals surface area contributed by atoms with Gasteiger partial charge in [0.05, 0.1) is 12.6 Å². The van der Waals surface area contributed by atoms with E-state index in [2.05, 4.69) is 27.4 Å². The van der Waals surface area contributed by atoms with Gasteiger partial charge in [0.15, 0.2) is 5.65 Å². The van der Waals surface area contributed by atoms with Crippen LogP contribution in [-0.2, 0) is 11.2 Å². The van der Waals surface area contributed by atoms with Crippen LogP contribution in [0.25, 0.3) is 11.2 Å². The fourth-order valence-electron chi connectivity index (χ4n) is 3.60. The molecule has 2 aliphatic heterocycles. The predicted octanol–water partition coefficient (Wildman–Crippen LogP) is 3.61. The summed E-state index contributed by atoms with van der Waals surface area (Å²) in [4.78, 5) is 9.52. The second-order valence-corrected chi connectivity index (χ2v) is 7.72. The molecule has 0 bridgehead atoms. The molecule has 0 saturated carbocycles. The molecule has 2 aromatic heterocycles. The number of fused-ring (bicyclic) bond motifs is 1. The lowest BCUT2D eigenvalue weighted by Gasteiger charge is -2.27. The molecule has 2 unspecified atom stereocenters. The highest BCUT2D eigenvalue weighted by atomic mass is 32.2. The van der Waals surface area contributed by atoms with Gasteiger partial charge in [-0.2, -0.15) is 11.8 Å². The molecule has 0 spiro atoms. The third-order valence-corrected chi connectivity index (χ3v) is 6.11. The summed E-state index contributed by atoms with van der Waals surface area (Å²) in [6.45, 7) is 1.69. The molecule has 0 aromatic carbocycles. The first-order chi connectivity index (χ1) is 10.9. The van der Waals surface area contributed by atoms with Gasteiger partial charge in [0.1, 0.15) is 11.3 Å². The van der Waals surface area contributed by atoms with Gasteiger partial charge in [0, 0.05) is 24.5 Å². The zero-order chi connectivity index (χ0) is 14.8. The zero-order valence-electron chi connectivity index (χ0n) is 12.9. The minimum absolute atomic E-state index is 0.400. The topological polar surface area (TPSA) is 39.9 Å². The number of nitrogens with zero attached hydrogens (tertiary/aromatic N) is 3. The van der Waals surface area contributed by atoms with Crippen molar-refractivity contribution in [3.8, 4) is 0 Å². The van der Waals surface area contributed by atoms with E-state index in [-0.39, 0.29) is 0 Å². The van der Waals surface area contributed by atoms with Crippen LogP contribution < -0.4 is 0 Å². The largest absolute Gasteiger partial charge is 0.379 e. The Morgan fingerprint density at radius 2 is 2.27 bits per heavy atom. The molecule has 4 rings (SSSR count). The monoisotopic (exact) mass is 317 g/mol. The van der Waals surface area contributed by atoms with Gasteiger partial charge in [0.25, 0.3) is 0 Å². The van der Waals surface area contributed by atoms with E-state index in [1.807, 2.05) is 12.3 Å². The molecular weight excluding hydrogens is 294 g/mol. The first-order valence-electron chi connectivity index (χ1n) is 8.43. The van der Waals surface area contributed by atoms with Gasteiger partial charge in [-0.3, -0.25) is 0 Å². The van der Waals surface area contributed by atoms with Crippen LogP contribution in [0.1, 0.15) is 44.0 Å². The molecule has 2 aromatic rings. The van der Waals surface area contributed by atoms with Crippen molar-refractivity contribution in [2.24, 2.45) is 0 Å². The number of thioether (sulfide) groups is 1. The summed E-state index contributed by atoms with van der Waals surface area (Å²) >= 11 is 2.12. The first-order valence-corrected chi connectivity index (χ1v) is 9.48. The SMILES string of the molecule is c1cnc2c(c1)nc(CC1CCCCS1)n2C1CCCOC1. The summed E-state index contributed by atoms with van der Waals surface area (Å²) in [6.07, 6.45) is 9.31. The molecule has 0 amide bonds. The van der Waals surface area contributed by atoms with Crippen molar-refractivity contribution in [3.05, 3.63) is 24.2 Å². The molecule has 5 heteroatoms. The van der Waals surface area contributed by atoms with E-state index in [1.165, 1.54) is 37.3 Å². The maximum absolute atomic E-state index is 5.72. The maximum Gasteiger partial charge on any atom is 0.160 e. The van der Waals surface area contributed by atoms with E-state index in [4.69, 9.17) is 9.72 Å². The third kappa shape index (κ3) is 2.88. The number of imidazole rings is 1. The van der Waals surface area contributed by atoms with Gasteiger partial charge in [-0.15, -0.1) is 0 Å². The van der Waals surface area contributed by atoms with Crippen LogP contribution in [0.4, 0.5) is 0 Å². The lowest BCUT2D eigenvalue weighted by atomic mass is 10.1. The van der Waals surface area contributed by atoms with Crippen LogP contribution in [-0.4, -0.2) is 38.8 Å². The van der Waals surface area contributed by atoms with Gasteiger partial charge >= 0.3 is 0 Å². The number of aromatic nitrogens is 3. The summed E-state index contributed by atoms with van der Waals surface area (Å²) in [5.74, 6) is 2.51. The van der Waals surface area contributed by atoms with Crippen molar-refractivity contribution < 1.29 is 4.74 Å². The van der Waals surface area contributed by atoms with Crippen LogP contribution >= 0.6 is 11.8 Å². The Labute approximate surface area is 135 Å². The number of rotatable bonds is 3. The summed E-state index contributed by atoms with van der Waals surface area (Å²) in [7, 11) is 0. The average molecular weight is 317 g/mol. The highest BCUT2D eigenvalue weighted by molar-refractivity contribution is 7.99. The summed E-state index contributed by atoms with van der Waals surface area (Å²) in [5, 5.41) is 0.717. The molecule has 0 aliphatic carbocycles. The van der Waals surface area contributed by atoms with E-state index < -0.39 is 0 Å². The molecule has 4 nitrogen and oxygen atoms in total. The molecule has 4 heterocycles. The molecule has 0 radical (unpaired) electrons. The van der Waals surface area contributed by atoms with Crippen molar-refractivity contribution in [2.45, 2.75) is 49.8 Å².